The Morgan fingerprint density at radius 2 is 1.68 bits per heavy atom. The summed E-state index contributed by atoms with van der Waals surface area (Å²) >= 11 is 0. The molecule has 1 heterocycles. The van der Waals surface area contributed by atoms with Crippen molar-refractivity contribution in [1.82, 2.24) is 4.90 Å². The number of nitro groups is 1. The number of likely N-dealkylation sites (tertiary alicyclic amines) is 1. The smallest absolute Gasteiger partial charge is 0.303 e. The van der Waals surface area contributed by atoms with Crippen LogP contribution in [0.4, 0.5) is 10.1 Å². The fourth-order valence-electron chi connectivity index (χ4n) is 3.40. The predicted octanol–water partition coefficient (Wildman–Crippen LogP) is 3.02. The first-order valence-electron chi connectivity index (χ1n) is 9.21. The van der Waals surface area contributed by atoms with Gasteiger partial charge in [-0.15, -0.1) is 0 Å². The van der Waals surface area contributed by atoms with Gasteiger partial charge >= 0.3 is 5.97 Å². The Hall–Kier alpha value is -4.08. The third kappa shape index (κ3) is 4.42. The van der Waals surface area contributed by atoms with Gasteiger partial charge < -0.3 is 15.1 Å². The highest BCUT2D eigenvalue weighted by Gasteiger charge is 2.45. The lowest BCUT2D eigenvalue weighted by Crippen LogP contribution is -2.31. The van der Waals surface area contributed by atoms with Crippen molar-refractivity contribution in [3.63, 3.8) is 0 Å². The van der Waals surface area contributed by atoms with E-state index in [1.807, 2.05) is 0 Å². The number of amides is 1. The molecule has 0 radical (unpaired) electrons. The lowest BCUT2D eigenvalue weighted by atomic mass is 9.95. The summed E-state index contributed by atoms with van der Waals surface area (Å²) in [6.45, 7) is -0.0846. The average Bonchev–Trinajstić information content (AvgIpc) is 2.98. The number of hydrogen-bond donors (Lipinski definition) is 2. The van der Waals surface area contributed by atoms with Gasteiger partial charge in [-0.1, -0.05) is 0 Å². The molecule has 9 nitrogen and oxygen atoms in total. The van der Waals surface area contributed by atoms with Gasteiger partial charge in [0, 0.05) is 30.7 Å². The number of aliphatic hydroxyl groups excluding tert-OH is 1. The molecule has 1 atom stereocenters. The Bertz CT molecular complexity index is 1080. The first kappa shape index (κ1) is 21.6. The van der Waals surface area contributed by atoms with Crippen LogP contribution in [-0.2, 0) is 14.4 Å². The van der Waals surface area contributed by atoms with Crippen LogP contribution in [0, 0.1) is 15.9 Å². The number of nitrogens with zero attached hydrogens (tertiary/aromatic N) is 2. The maximum absolute atomic E-state index is 13.2. The average molecular weight is 428 g/mol. The lowest BCUT2D eigenvalue weighted by Gasteiger charge is -2.25. The van der Waals surface area contributed by atoms with Crippen molar-refractivity contribution in [2.24, 2.45) is 0 Å². The van der Waals surface area contributed by atoms with Crippen LogP contribution < -0.4 is 0 Å². The molecule has 2 N–H and O–H groups in total. The number of carbonyl (C=O) groups excluding carboxylic acids is 2. The van der Waals surface area contributed by atoms with Crippen molar-refractivity contribution in [3.05, 3.63) is 81.2 Å². The monoisotopic (exact) mass is 428 g/mol. The number of benzene rings is 2. The van der Waals surface area contributed by atoms with E-state index >= 15 is 0 Å². The molecule has 0 spiro atoms. The first-order chi connectivity index (χ1) is 14.7. The SMILES string of the molecule is O=C(O)CCCN1C(=O)C(=O)/C(=C(/O)c2ccc(F)cc2)C1c1ccc([N+](=O)[O-])cc1. The van der Waals surface area contributed by atoms with Crippen LogP contribution in [0.1, 0.15) is 30.0 Å². The molecule has 1 aliphatic heterocycles. The van der Waals surface area contributed by atoms with E-state index in [0.29, 0.717) is 5.56 Å². The highest BCUT2D eigenvalue weighted by molar-refractivity contribution is 6.46. The van der Waals surface area contributed by atoms with Crippen molar-refractivity contribution >= 4 is 29.1 Å². The van der Waals surface area contributed by atoms with E-state index < -0.39 is 40.2 Å². The number of hydrogen-bond acceptors (Lipinski definition) is 6. The maximum Gasteiger partial charge on any atom is 0.303 e. The molecular formula is C21H17FN2O7. The number of carboxylic acids is 1. The summed E-state index contributed by atoms with van der Waals surface area (Å²) in [5.74, 6) is -4.08. The zero-order valence-electron chi connectivity index (χ0n) is 16.0. The second-order valence-corrected chi connectivity index (χ2v) is 6.85. The minimum absolute atomic E-state index is 0.0580. The number of rotatable bonds is 7. The third-order valence-electron chi connectivity index (χ3n) is 4.87. The molecular weight excluding hydrogens is 411 g/mol. The normalized spacial score (nSPS) is 17.7. The van der Waals surface area contributed by atoms with Gasteiger partial charge in [0.15, 0.2) is 0 Å². The number of aliphatic carboxylic acids is 1. The van der Waals surface area contributed by atoms with Gasteiger partial charge in [0.05, 0.1) is 16.5 Å². The second-order valence-electron chi connectivity index (χ2n) is 6.85. The Balaban J connectivity index is 2.10. The van der Waals surface area contributed by atoms with E-state index in [9.17, 15) is 34.0 Å². The van der Waals surface area contributed by atoms with E-state index in [1.165, 1.54) is 36.4 Å². The fraction of sp³-hybridized carbons (Fsp3) is 0.190. The van der Waals surface area contributed by atoms with Gasteiger partial charge in [-0.05, 0) is 48.4 Å². The summed E-state index contributed by atoms with van der Waals surface area (Å²) in [7, 11) is 0. The van der Waals surface area contributed by atoms with Gasteiger partial charge in [0.2, 0.25) is 0 Å². The quantitative estimate of drug-likeness (QED) is 0.227. The summed E-state index contributed by atoms with van der Waals surface area (Å²) in [4.78, 5) is 47.7. The van der Waals surface area contributed by atoms with Crippen LogP contribution in [0.25, 0.3) is 5.76 Å². The summed E-state index contributed by atoms with van der Waals surface area (Å²) in [6.07, 6.45) is -0.184. The number of halogens is 1. The number of aliphatic hydroxyl groups is 1. The molecule has 1 amide bonds. The maximum atomic E-state index is 13.2. The summed E-state index contributed by atoms with van der Waals surface area (Å²) in [5, 5.41) is 30.6. The van der Waals surface area contributed by atoms with E-state index in [0.717, 1.165) is 17.0 Å². The molecule has 0 aliphatic carbocycles. The van der Waals surface area contributed by atoms with Crippen molar-refractivity contribution in [2.45, 2.75) is 18.9 Å². The highest BCUT2D eigenvalue weighted by atomic mass is 19.1. The molecule has 160 valence electrons. The molecule has 2 aromatic carbocycles. The van der Waals surface area contributed by atoms with E-state index in [-0.39, 0.29) is 36.2 Å². The van der Waals surface area contributed by atoms with Gasteiger partial charge in [0.25, 0.3) is 17.4 Å². The van der Waals surface area contributed by atoms with Gasteiger partial charge in [0.1, 0.15) is 11.6 Å². The molecule has 1 unspecified atom stereocenters. The summed E-state index contributed by atoms with van der Waals surface area (Å²) in [5.41, 5.74) is -0.0356. The zero-order valence-corrected chi connectivity index (χ0v) is 16.0. The number of nitro benzene ring substituents is 1. The number of ketones is 1. The van der Waals surface area contributed by atoms with Crippen LogP contribution in [0.3, 0.4) is 0 Å². The molecule has 10 heteroatoms. The minimum atomic E-state index is -1.08. The fourth-order valence-corrected chi connectivity index (χ4v) is 3.40. The van der Waals surface area contributed by atoms with Crippen LogP contribution in [-0.4, -0.2) is 44.2 Å². The third-order valence-corrected chi connectivity index (χ3v) is 4.87. The Kier molecular flexibility index (Phi) is 6.10. The molecule has 0 aromatic heterocycles. The van der Waals surface area contributed by atoms with Gasteiger partial charge in [-0.2, -0.15) is 0 Å². The highest BCUT2D eigenvalue weighted by Crippen LogP contribution is 2.39. The topological polar surface area (TPSA) is 138 Å². The number of carboxylic acid groups (broad SMARTS) is 1. The van der Waals surface area contributed by atoms with Crippen LogP contribution in [0.15, 0.2) is 54.1 Å². The summed E-state index contributed by atoms with van der Waals surface area (Å²) in [6, 6.07) is 8.69. The lowest BCUT2D eigenvalue weighted by molar-refractivity contribution is -0.384. The molecule has 3 rings (SSSR count). The largest absolute Gasteiger partial charge is 0.507 e. The summed E-state index contributed by atoms with van der Waals surface area (Å²) < 4.78 is 13.2. The van der Waals surface area contributed by atoms with Crippen molar-refractivity contribution in [2.75, 3.05) is 6.54 Å². The van der Waals surface area contributed by atoms with E-state index in [4.69, 9.17) is 5.11 Å². The van der Waals surface area contributed by atoms with Crippen LogP contribution in [0.2, 0.25) is 0 Å². The van der Waals surface area contributed by atoms with E-state index in [1.54, 1.807) is 0 Å². The molecule has 1 saturated heterocycles. The Morgan fingerprint density at radius 1 is 1.06 bits per heavy atom. The van der Waals surface area contributed by atoms with Crippen LogP contribution >= 0.6 is 0 Å². The zero-order chi connectivity index (χ0) is 22.7. The molecule has 0 saturated carbocycles. The minimum Gasteiger partial charge on any atom is -0.507 e. The van der Waals surface area contributed by atoms with Crippen molar-refractivity contribution in [1.29, 1.82) is 0 Å². The number of carbonyl (C=O) groups is 3. The Morgan fingerprint density at radius 3 is 2.23 bits per heavy atom. The van der Waals surface area contributed by atoms with Crippen LogP contribution in [0.5, 0.6) is 0 Å². The number of non-ortho nitro benzene ring substituents is 1. The van der Waals surface area contributed by atoms with Crippen molar-refractivity contribution in [3.8, 4) is 0 Å². The first-order valence-corrected chi connectivity index (χ1v) is 9.21. The van der Waals surface area contributed by atoms with Crippen molar-refractivity contribution < 1.29 is 33.9 Å². The molecule has 2 aromatic rings. The molecule has 31 heavy (non-hydrogen) atoms. The van der Waals surface area contributed by atoms with E-state index in [2.05, 4.69) is 0 Å². The molecule has 0 bridgehead atoms. The predicted molar refractivity (Wildman–Crippen MR) is 105 cm³/mol. The van der Waals surface area contributed by atoms with Gasteiger partial charge in [-0.25, -0.2) is 4.39 Å². The standard InChI is InChI=1S/C21H17FN2O7/c22-14-7-3-13(4-8-14)19(27)17-18(12-5-9-15(10-6-12)24(30)31)23(21(29)20(17)28)11-1-2-16(25)26/h3-10,18,27H,1-2,11H2,(H,25,26)/b19-17+. The van der Waals surface area contributed by atoms with Gasteiger partial charge in [-0.3, -0.25) is 24.5 Å². The molecule has 1 aliphatic rings. The second kappa shape index (κ2) is 8.74. The Labute approximate surface area is 175 Å². The molecule has 1 fully saturated rings. The number of Topliss-reactive ketones (excluding diaryl/α,β-unsaturated/α-hetero) is 1.